The number of carbonyl (C=O) groups is 2. The Bertz CT molecular complexity index is 763. The van der Waals surface area contributed by atoms with E-state index >= 15 is 0 Å². The largest absolute Gasteiger partial charge is 0.459 e. The summed E-state index contributed by atoms with van der Waals surface area (Å²) in [5.74, 6) is 0.354. The Hall–Kier alpha value is -2.76. The van der Waals surface area contributed by atoms with Crippen LogP contribution in [0.1, 0.15) is 28.1 Å². The molecule has 0 unspecified atom stereocenters. The number of furan rings is 1. The standard InChI is InChI=1S/C20H25N3O3/c1-15-5-6-17(14-16(15)2)21-8-7-19(24)22-9-11-23(12-10-22)20(25)18-4-3-13-26-18/h3-6,13-14,21H,7-12H2,1-2H3. The van der Waals surface area contributed by atoms with Crippen LogP contribution in [0.4, 0.5) is 5.69 Å². The van der Waals surface area contributed by atoms with Crippen LogP contribution < -0.4 is 5.32 Å². The highest BCUT2D eigenvalue weighted by atomic mass is 16.3. The highest BCUT2D eigenvalue weighted by Gasteiger charge is 2.25. The van der Waals surface area contributed by atoms with Crippen molar-refractivity contribution in [3.63, 3.8) is 0 Å². The van der Waals surface area contributed by atoms with Crippen LogP contribution in [0, 0.1) is 13.8 Å². The van der Waals surface area contributed by atoms with Crippen LogP contribution >= 0.6 is 0 Å². The second kappa shape index (κ2) is 8.08. The summed E-state index contributed by atoms with van der Waals surface area (Å²) in [4.78, 5) is 28.2. The van der Waals surface area contributed by atoms with Crippen molar-refractivity contribution in [2.24, 2.45) is 0 Å². The molecule has 3 rings (SSSR count). The zero-order chi connectivity index (χ0) is 18.5. The molecule has 2 aromatic rings. The van der Waals surface area contributed by atoms with Gasteiger partial charge in [0, 0.05) is 44.8 Å². The van der Waals surface area contributed by atoms with E-state index in [1.54, 1.807) is 17.0 Å². The number of nitrogens with one attached hydrogen (secondary N) is 1. The van der Waals surface area contributed by atoms with E-state index in [0.29, 0.717) is 44.9 Å². The van der Waals surface area contributed by atoms with E-state index in [1.165, 1.54) is 17.4 Å². The van der Waals surface area contributed by atoms with E-state index in [0.717, 1.165) is 5.69 Å². The molecular formula is C20H25N3O3. The molecule has 1 saturated heterocycles. The normalized spacial score (nSPS) is 14.4. The summed E-state index contributed by atoms with van der Waals surface area (Å²) in [6.07, 6.45) is 1.94. The number of piperazine rings is 1. The molecule has 0 spiro atoms. The number of amides is 2. The molecular weight excluding hydrogens is 330 g/mol. The Kier molecular flexibility index (Phi) is 5.61. The maximum atomic E-state index is 12.4. The van der Waals surface area contributed by atoms with Gasteiger partial charge in [0.2, 0.25) is 5.91 Å². The molecule has 1 aromatic carbocycles. The fourth-order valence-electron chi connectivity index (χ4n) is 3.04. The van der Waals surface area contributed by atoms with Crippen LogP contribution in [0.2, 0.25) is 0 Å². The number of benzene rings is 1. The molecule has 2 heterocycles. The van der Waals surface area contributed by atoms with Gasteiger partial charge in [0.15, 0.2) is 5.76 Å². The first kappa shape index (κ1) is 18.0. The van der Waals surface area contributed by atoms with Gasteiger partial charge in [0.1, 0.15) is 0 Å². The van der Waals surface area contributed by atoms with Crippen molar-refractivity contribution >= 4 is 17.5 Å². The maximum absolute atomic E-state index is 12.4. The van der Waals surface area contributed by atoms with Gasteiger partial charge in [-0.1, -0.05) is 6.07 Å². The second-order valence-electron chi connectivity index (χ2n) is 6.63. The van der Waals surface area contributed by atoms with Gasteiger partial charge in [-0.15, -0.1) is 0 Å². The molecule has 2 amide bonds. The van der Waals surface area contributed by atoms with Crippen LogP contribution in [0.3, 0.4) is 0 Å². The summed E-state index contributed by atoms with van der Waals surface area (Å²) >= 11 is 0. The van der Waals surface area contributed by atoms with Gasteiger partial charge < -0.3 is 19.5 Å². The molecule has 1 N–H and O–H groups in total. The minimum absolute atomic E-state index is 0.112. The van der Waals surface area contributed by atoms with Crippen molar-refractivity contribution in [1.29, 1.82) is 0 Å². The molecule has 1 aliphatic rings. The Balaban J connectivity index is 1.42. The zero-order valence-electron chi connectivity index (χ0n) is 15.3. The lowest BCUT2D eigenvalue weighted by Gasteiger charge is -2.34. The van der Waals surface area contributed by atoms with E-state index in [9.17, 15) is 9.59 Å². The van der Waals surface area contributed by atoms with E-state index < -0.39 is 0 Å². The van der Waals surface area contributed by atoms with Gasteiger partial charge in [-0.25, -0.2) is 0 Å². The number of aryl methyl sites for hydroxylation is 2. The third-order valence-corrected chi connectivity index (χ3v) is 4.83. The monoisotopic (exact) mass is 355 g/mol. The van der Waals surface area contributed by atoms with E-state index in [4.69, 9.17) is 4.42 Å². The average molecular weight is 355 g/mol. The first-order valence-corrected chi connectivity index (χ1v) is 8.96. The van der Waals surface area contributed by atoms with Crippen LogP contribution in [0.25, 0.3) is 0 Å². The maximum Gasteiger partial charge on any atom is 0.289 e. The molecule has 0 radical (unpaired) electrons. The SMILES string of the molecule is Cc1ccc(NCCC(=O)N2CCN(C(=O)c3ccco3)CC2)cc1C. The molecule has 0 bridgehead atoms. The van der Waals surface area contributed by atoms with E-state index in [2.05, 4.69) is 31.3 Å². The van der Waals surface area contributed by atoms with Gasteiger partial charge in [0.25, 0.3) is 5.91 Å². The third kappa shape index (κ3) is 4.25. The predicted octanol–water partition coefficient (Wildman–Crippen LogP) is 2.68. The van der Waals surface area contributed by atoms with Crippen molar-refractivity contribution in [2.45, 2.75) is 20.3 Å². The molecule has 1 fully saturated rings. The highest BCUT2D eigenvalue weighted by Crippen LogP contribution is 2.14. The summed E-state index contributed by atoms with van der Waals surface area (Å²) in [5, 5.41) is 3.30. The fourth-order valence-corrected chi connectivity index (χ4v) is 3.04. The lowest BCUT2D eigenvalue weighted by atomic mass is 10.1. The number of nitrogens with zero attached hydrogens (tertiary/aromatic N) is 2. The Morgan fingerprint density at radius 2 is 1.77 bits per heavy atom. The van der Waals surface area contributed by atoms with E-state index in [1.807, 2.05) is 11.0 Å². The molecule has 138 valence electrons. The minimum atomic E-state index is -0.112. The molecule has 0 saturated carbocycles. The Morgan fingerprint density at radius 1 is 1.04 bits per heavy atom. The third-order valence-electron chi connectivity index (χ3n) is 4.83. The highest BCUT2D eigenvalue weighted by molar-refractivity contribution is 5.91. The first-order chi connectivity index (χ1) is 12.5. The molecule has 26 heavy (non-hydrogen) atoms. The molecule has 6 heteroatoms. The minimum Gasteiger partial charge on any atom is -0.459 e. The van der Waals surface area contributed by atoms with Crippen molar-refractivity contribution in [3.8, 4) is 0 Å². The first-order valence-electron chi connectivity index (χ1n) is 8.96. The van der Waals surface area contributed by atoms with Gasteiger partial charge in [-0.3, -0.25) is 9.59 Å². The van der Waals surface area contributed by atoms with Crippen molar-refractivity contribution in [1.82, 2.24) is 9.80 Å². The van der Waals surface area contributed by atoms with Crippen LogP contribution in [0.5, 0.6) is 0 Å². The smallest absolute Gasteiger partial charge is 0.289 e. The molecule has 1 aromatic heterocycles. The van der Waals surface area contributed by atoms with Gasteiger partial charge in [-0.05, 0) is 49.2 Å². The van der Waals surface area contributed by atoms with Crippen LogP contribution in [0.15, 0.2) is 41.0 Å². The van der Waals surface area contributed by atoms with Crippen LogP contribution in [-0.2, 0) is 4.79 Å². The number of anilines is 1. The fraction of sp³-hybridized carbons (Fsp3) is 0.400. The number of rotatable bonds is 5. The molecule has 1 aliphatic heterocycles. The molecule has 6 nitrogen and oxygen atoms in total. The Labute approximate surface area is 153 Å². The van der Waals surface area contributed by atoms with Crippen molar-refractivity contribution < 1.29 is 14.0 Å². The summed E-state index contributed by atoms with van der Waals surface area (Å²) in [7, 11) is 0. The quantitative estimate of drug-likeness (QED) is 0.896. The summed E-state index contributed by atoms with van der Waals surface area (Å²) in [6.45, 7) is 6.97. The zero-order valence-corrected chi connectivity index (χ0v) is 15.3. The number of hydrogen-bond donors (Lipinski definition) is 1. The summed E-state index contributed by atoms with van der Waals surface area (Å²) in [5.41, 5.74) is 3.53. The van der Waals surface area contributed by atoms with E-state index in [-0.39, 0.29) is 11.8 Å². The summed E-state index contributed by atoms with van der Waals surface area (Å²) < 4.78 is 5.15. The number of carbonyl (C=O) groups excluding carboxylic acids is 2. The van der Waals surface area contributed by atoms with Crippen molar-refractivity contribution in [3.05, 3.63) is 53.5 Å². The predicted molar refractivity (Wildman–Crippen MR) is 100 cm³/mol. The van der Waals surface area contributed by atoms with Gasteiger partial charge in [-0.2, -0.15) is 0 Å². The lowest BCUT2D eigenvalue weighted by molar-refractivity contribution is -0.132. The molecule has 0 aliphatic carbocycles. The topological polar surface area (TPSA) is 65.8 Å². The van der Waals surface area contributed by atoms with Crippen LogP contribution in [-0.4, -0.2) is 54.3 Å². The van der Waals surface area contributed by atoms with Gasteiger partial charge in [0.05, 0.1) is 6.26 Å². The molecule has 0 atom stereocenters. The van der Waals surface area contributed by atoms with Crippen molar-refractivity contribution in [2.75, 3.05) is 38.0 Å². The number of hydrogen-bond acceptors (Lipinski definition) is 4. The Morgan fingerprint density at radius 3 is 2.42 bits per heavy atom. The van der Waals surface area contributed by atoms with Gasteiger partial charge >= 0.3 is 0 Å². The lowest BCUT2D eigenvalue weighted by Crippen LogP contribution is -2.50. The summed E-state index contributed by atoms with van der Waals surface area (Å²) in [6, 6.07) is 9.58. The second-order valence-corrected chi connectivity index (χ2v) is 6.63. The average Bonchev–Trinajstić information content (AvgIpc) is 3.19.